The number of nitriles is 1. The highest BCUT2D eigenvalue weighted by molar-refractivity contribution is 5.86. The van der Waals surface area contributed by atoms with Crippen molar-refractivity contribution in [3.63, 3.8) is 0 Å². The molecule has 1 aliphatic rings. The molecule has 0 spiro atoms. The molecule has 0 aliphatic heterocycles. The average Bonchev–Trinajstić information content (AvgIpc) is 2.63. The van der Waals surface area contributed by atoms with E-state index >= 15 is 0 Å². The number of carbonyl (C=O) groups excluding carboxylic acids is 1. The third-order valence-corrected chi connectivity index (χ3v) is 3.31. The van der Waals surface area contributed by atoms with Crippen LogP contribution < -0.4 is 5.32 Å². The Balaban J connectivity index is 1.79. The van der Waals surface area contributed by atoms with Gasteiger partial charge in [0, 0.05) is 13.0 Å². The van der Waals surface area contributed by atoms with Gasteiger partial charge in [-0.25, -0.2) is 0 Å². The van der Waals surface area contributed by atoms with Crippen molar-refractivity contribution in [3.05, 3.63) is 23.7 Å². The SMILES string of the molecule is Cc1ccc(CCNC(=O)C2(C#N)CCC2)o1. The van der Waals surface area contributed by atoms with Crippen molar-refractivity contribution in [2.45, 2.75) is 32.6 Å². The molecule has 0 saturated heterocycles. The summed E-state index contributed by atoms with van der Waals surface area (Å²) >= 11 is 0. The molecular formula is C13H16N2O2. The van der Waals surface area contributed by atoms with E-state index in [9.17, 15) is 4.79 Å². The van der Waals surface area contributed by atoms with E-state index in [1.807, 2.05) is 19.1 Å². The zero-order valence-corrected chi connectivity index (χ0v) is 9.95. The zero-order chi connectivity index (χ0) is 12.3. The topological polar surface area (TPSA) is 66.0 Å². The van der Waals surface area contributed by atoms with Crippen LogP contribution in [0.15, 0.2) is 16.5 Å². The second-order valence-electron chi connectivity index (χ2n) is 4.57. The minimum absolute atomic E-state index is 0.130. The molecule has 1 saturated carbocycles. The van der Waals surface area contributed by atoms with Gasteiger partial charge in [-0.15, -0.1) is 0 Å². The van der Waals surface area contributed by atoms with Gasteiger partial charge in [0.1, 0.15) is 16.9 Å². The molecule has 1 aromatic heterocycles. The molecule has 1 N–H and O–H groups in total. The van der Waals surface area contributed by atoms with Gasteiger partial charge >= 0.3 is 0 Å². The summed E-state index contributed by atoms with van der Waals surface area (Å²) in [4.78, 5) is 11.8. The maximum absolute atomic E-state index is 11.8. The Morgan fingerprint density at radius 2 is 2.35 bits per heavy atom. The van der Waals surface area contributed by atoms with Crippen molar-refractivity contribution in [1.29, 1.82) is 5.26 Å². The minimum atomic E-state index is -0.751. The molecule has 1 heterocycles. The molecule has 1 amide bonds. The fraction of sp³-hybridized carbons (Fsp3) is 0.538. The molecule has 0 radical (unpaired) electrons. The summed E-state index contributed by atoms with van der Waals surface area (Å²) < 4.78 is 5.40. The monoisotopic (exact) mass is 232 g/mol. The molecular weight excluding hydrogens is 216 g/mol. The third kappa shape index (κ3) is 2.33. The molecule has 1 aromatic rings. The van der Waals surface area contributed by atoms with E-state index in [2.05, 4.69) is 11.4 Å². The number of rotatable bonds is 4. The molecule has 17 heavy (non-hydrogen) atoms. The second kappa shape index (κ2) is 4.62. The maximum Gasteiger partial charge on any atom is 0.240 e. The maximum atomic E-state index is 11.8. The lowest BCUT2D eigenvalue weighted by atomic mass is 9.69. The molecule has 0 bridgehead atoms. The molecule has 4 heteroatoms. The van der Waals surface area contributed by atoms with E-state index in [1.54, 1.807) is 0 Å². The van der Waals surface area contributed by atoms with E-state index in [0.29, 0.717) is 25.8 Å². The molecule has 2 rings (SSSR count). The van der Waals surface area contributed by atoms with Gasteiger partial charge < -0.3 is 9.73 Å². The van der Waals surface area contributed by atoms with Crippen LogP contribution in [-0.2, 0) is 11.2 Å². The van der Waals surface area contributed by atoms with E-state index < -0.39 is 5.41 Å². The zero-order valence-electron chi connectivity index (χ0n) is 9.95. The Hall–Kier alpha value is -1.76. The lowest BCUT2D eigenvalue weighted by molar-refractivity contribution is -0.131. The number of hydrogen-bond acceptors (Lipinski definition) is 3. The summed E-state index contributed by atoms with van der Waals surface area (Å²) in [5.74, 6) is 1.61. The lowest BCUT2D eigenvalue weighted by Gasteiger charge is -2.33. The lowest BCUT2D eigenvalue weighted by Crippen LogP contribution is -2.45. The standard InChI is InChI=1S/C13H16N2O2/c1-10-3-4-11(17-10)5-8-15-12(16)13(9-14)6-2-7-13/h3-4H,2,5-8H2,1H3,(H,15,16). The van der Waals surface area contributed by atoms with E-state index in [-0.39, 0.29) is 5.91 Å². The first-order valence-corrected chi connectivity index (χ1v) is 5.91. The summed E-state index contributed by atoms with van der Waals surface area (Å²) in [6.45, 7) is 2.41. The van der Waals surface area contributed by atoms with Crippen LogP contribution in [0.2, 0.25) is 0 Å². The normalized spacial score (nSPS) is 16.9. The van der Waals surface area contributed by atoms with Crippen LogP contribution in [0, 0.1) is 23.7 Å². The van der Waals surface area contributed by atoms with Crippen molar-refractivity contribution in [2.24, 2.45) is 5.41 Å². The predicted octanol–water partition coefficient (Wildman–Crippen LogP) is 1.94. The number of furan rings is 1. The largest absolute Gasteiger partial charge is 0.466 e. The molecule has 0 unspecified atom stereocenters. The minimum Gasteiger partial charge on any atom is -0.466 e. The van der Waals surface area contributed by atoms with Gasteiger partial charge in [-0.1, -0.05) is 0 Å². The Bertz CT molecular complexity index is 452. The first-order chi connectivity index (χ1) is 8.16. The molecule has 4 nitrogen and oxygen atoms in total. The highest BCUT2D eigenvalue weighted by atomic mass is 16.3. The molecule has 90 valence electrons. The third-order valence-electron chi connectivity index (χ3n) is 3.31. The van der Waals surface area contributed by atoms with Crippen molar-refractivity contribution in [1.82, 2.24) is 5.32 Å². The van der Waals surface area contributed by atoms with Crippen LogP contribution in [0.3, 0.4) is 0 Å². The summed E-state index contributed by atoms with van der Waals surface area (Å²) in [5.41, 5.74) is -0.751. The highest BCUT2D eigenvalue weighted by Gasteiger charge is 2.44. The van der Waals surface area contributed by atoms with Crippen LogP contribution in [-0.4, -0.2) is 12.5 Å². The van der Waals surface area contributed by atoms with Crippen LogP contribution in [0.25, 0.3) is 0 Å². The predicted molar refractivity (Wildman–Crippen MR) is 62.1 cm³/mol. The molecule has 0 aromatic carbocycles. The van der Waals surface area contributed by atoms with Crippen molar-refractivity contribution in [2.75, 3.05) is 6.54 Å². The van der Waals surface area contributed by atoms with Gasteiger partial charge in [0.15, 0.2) is 0 Å². The van der Waals surface area contributed by atoms with Crippen LogP contribution in [0.4, 0.5) is 0 Å². The van der Waals surface area contributed by atoms with Crippen LogP contribution >= 0.6 is 0 Å². The number of nitrogens with one attached hydrogen (secondary N) is 1. The van der Waals surface area contributed by atoms with Gasteiger partial charge in [-0.2, -0.15) is 5.26 Å². The van der Waals surface area contributed by atoms with Gasteiger partial charge in [0.2, 0.25) is 5.91 Å². The summed E-state index contributed by atoms with van der Waals surface area (Å²) in [5, 5.41) is 11.8. The first-order valence-electron chi connectivity index (χ1n) is 5.91. The number of nitrogens with zero attached hydrogens (tertiary/aromatic N) is 1. The smallest absolute Gasteiger partial charge is 0.240 e. The number of aryl methyl sites for hydroxylation is 1. The average molecular weight is 232 g/mol. The molecule has 0 atom stereocenters. The fourth-order valence-corrected chi connectivity index (χ4v) is 2.01. The number of hydrogen-bond donors (Lipinski definition) is 1. The van der Waals surface area contributed by atoms with E-state index in [4.69, 9.17) is 9.68 Å². The van der Waals surface area contributed by atoms with E-state index in [0.717, 1.165) is 17.9 Å². The molecule has 1 aliphatic carbocycles. The van der Waals surface area contributed by atoms with Crippen LogP contribution in [0.5, 0.6) is 0 Å². The van der Waals surface area contributed by atoms with Crippen molar-refractivity contribution >= 4 is 5.91 Å². The van der Waals surface area contributed by atoms with Crippen molar-refractivity contribution < 1.29 is 9.21 Å². The summed E-state index contributed by atoms with van der Waals surface area (Å²) in [6.07, 6.45) is 3.02. The highest BCUT2D eigenvalue weighted by Crippen LogP contribution is 2.40. The number of amides is 1. The summed E-state index contributed by atoms with van der Waals surface area (Å²) in [7, 11) is 0. The Morgan fingerprint density at radius 1 is 1.59 bits per heavy atom. The van der Waals surface area contributed by atoms with Gasteiger partial charge in [-0.05, 0) is 38.3 Å². The Morgan fingerprint density at radius 3 is 2.82 bits per heavy atom. The first kappa shape index (κ1) is 11.7. The van der Waals surface area contributed by atoms with Gasteiger partial charge in [0.25, 0.3) is 0 Å². The number of carbonyl (C=O) groups is 1. The Labute approximate surface area is 101 Å². The Kier molecular flexibility index (Phi) is 3.19. The van der Waals surface area contributed by atoms with E-state index in [1.165, 1.54) is 0 Å². The fourth-order valence-electron chi connectivity index (χ4n) is 2.01. The van der Waals surface area contributed by atoms with Gasteiger partial charge in [0.05, 0.1) is 6.07 Å². The molecule has 1 fully saturated rings. The van der Waals surface area contributed by atoms with Crippen LogP contribution in [0.1, 0.15) is 30.8 Å². The van der Waals surface area contributed by atoms with Gasteiger partial charge in [-0.3, -0.25) is 4.79 Å². The summed E-state index contributed by atoms with van der Waals surface area (Å²) in [6, 6.07) is 5.94. The second-order valence-corrected chi connectivity index (χ2v) is 4.57. The quantitative estimate of drug-likeness (QED) is 0.862. The van der Waals surface area contributed by atoms with Crippen molar-refractivity contribution in [3.8, 4) is 6.07 Å².